The number of hydrogen-bond acceptors (Lipinski definition) is 5. The number of hydrogen-bond donors (Lipinski definition) is 1. The lowest BCUT2D eigenvalue weighted by atomic mass is 10.0. The summed E-state index contributed by atoms with van der Waals surface area (Å²) in [6, 6.07) is 8.34. The number of aryl methyl sites for hydroxylation is 3. The van der Waals surface area contributed by atoms with Crippen LogP contribution in [0.15, 0.2) is 24.3 Å². The molecule has 7 heteroatoms. The minimum atomic E-state index is -0.0742. The molecule has 4 rings (SSSR count). The van der Waals surface area contributed by atoms with Crippen LogP contribution < -0.4 is 10.2 Å². The van der Waals surface area contributed by atoms with E-state index in [1.807, 2.05) is 37.7 Å². The highest BCUT2D eigenvalue weighted by molar-refractivity contribution is 7.13. The van der Waals surface area contributed by atoms with Gasteiger partial charge in [0.15, 0.2) is 0 Å². The normalized spacial score (nSPS) is 17.7. The fourth-order valence-electron chi connectivity index (χ4n) is 3.67. The molecule has 0 bridgehead atoms. The van der Waals surface area contributed by atoms with Crippen molar-refractivity contribution in [3.8, 4) is 0 Å². The zero-order valence-corrected chi connectivity index (χ0v) is 16.1. The number of carbonyl (C=O) groups is 1. The lowest BCUT2D eigenvalue weighted by Gasteiger charge is -2.34. The maximum Gasteiger partial charge on any atom is 0.271 e. The van der Waals surface area contributed by atoms with Crippen molar-refractivity contribution >= 4 is 33.3 Å². The first-order chi connectivity index (χ1) is 12.5. The van der Waals surface area contributed by atoms with Crippen molar-refractivity contribution in [3.63, 3.8) is 0 Å². The Morgan fingerprint density at radius 2 is 2.15 bits per heavy atom. The molecule has 1 atom stereocenters. The van der Waals surface area contributed by atoms with E-state index < -0.39 is 0 Å². The second-order valence-corrected chi connectivity index (χ2v) is 7.86. The van der Waals surface area contributed by atoms with Gasteiger partial charge in [-0.2, -0.15) is 9.47 Å². The van der Waals surface area contributed by atoms with Gasteiger partial charge in [-0.3, -0.25) is 9.48 Å². The third-order valence-corrected chi connectivity index (χ3v) is 5.72. The largest absolute Gasteiger partial charge is 0.355 e. The minimum absolute atomic E-state index is 0.0742. The van der Waals surface area contributed by atoms with E-state index in [1.54, 1.807) is 0 Å². The molecule has 2 aromatic heterocycles. The number of piperidine rings is 1. The van der Waals surface area contributed by atoms with E-state index in [9.17, 15) is 4.79 Å². The van der Waals surface area contributed by atoms with Crippen molar-refractivity contribution in [3.05, 3.63) is 41.2 Å². The molecule has 1 fully saturated rings. The minimum Gasteiger partial charge on any atom is -0.355 e. The molecule has 1 unspecified atom stereocenters. The number of nitrogens with one attached hydrogen (secondary N) is 1. The molecule has 3 aromatic rings. The van der Waals surface area contributed by atoms with Gasteiger partial charge in [-0.25, -0.2) is 0 Å². The first kappa shape index (κ1) is 17.0. The van der Waals surface area contributed by atoms with Crippen molar-refractivity contribution in [2.24, 2.45) is 7.05 Å². The molecule has 1 saturated heterocycles. The Morgan fingerprint density at radius 3 is 2.92 bits per heavy atom. The molecule has 1 N–H and O–H groups in total. The zero-order chi connectivity index (χ0) is 18.3. The molecule has 3 heterocycles. The molecule has 1 aliphatic rings. The lowest BCUT2D eigenvalue weighted by Crippen LogP contribution is -2.48. The van der Waals surface area contributed by atoms with E-state index in [-0.39, 0.29) is 11.9 Å². The summed E-state index contributed by atoms with van der Waals surface area (Å²) in [6.45, 7) is 5.83. The number of aromatic nitrogens is 3. The van der Waals surface area contributed by atoms with E-state index in [0.717, 1.165) is 53.1 Å². The molecular formula is C19H23N5OS. The van der Waals surface area contributed by atoms with Gasteiger partial charge in [-0.1, -0.05) is 11.6 Å². The van der Waals surface area contributed by atoms with Gasteiger partial charge in [-0.05, 0) is 50.4 Å². The molecule has 0 saturated carbocycles. The van der Waals surface area contributed by atoms with Gasteiger partial charge >= 0.3 is 0 Å². The number of benzene rings is 1. The number of carbonyl (C=O) groups excluding carboxylic acids is 1. The molecule has 136 valence electrons. The molecule has 1 aliphatic heterocycles. The molecule has 0 aliphatic carbocycles. The van der Waals surface area contributed by atoms with Gasteiger partial charge in [0, 0.05) is 37.6 Å². The summed E-state index contributed by atoms with van der Waals surface area (Å²) in [6.07, 6.45) is 2.03. The number of rotatable bonds is 3. The summed E-state index contributed by atoms with van der Waals surface area (Å²) in [5, 5.41) is 8.57. The van der Waals surface area contributed by atoms with Crippen LogP contribution in [0.1, 0.15) is 34.6 Å². The van der Waals surface area contributed by atoms with Crippen molar-refractivity contribution in [1.82, 2.24) is 19.5 Å². The molecule has 6 nitrogen and oxygen atoms in total. The standard InChI is InChI=1S/C19H23N5OS/c1-12-6-7-16-15(9-12)18(22-26-16)19(25)20-14-5-4-8-24(11-14)17-10-13(2)21-23(17)3/h6-7,9-10,14H,4-5,8,11H2,1-3H3,(H,20,25). The number of amides is 1. The molecular weight excluding hydrogens is 346 g/mol. The highest BCUT2D eigenvalue weighted by atomic mass is 32.1. The van der Waals surface area contributed by atoms with Crippen molar-refractivity contribution in [1.29, 1.82) is 0 Å². The van der Waals surface area contributed by atoms with Crippen molar-refractivity contribution in [2.75, 3.05) is 18.0 Å². The zero-order valence-electron chi connectivity index (χ0n) is 15.3. The Hall–Kier alpha value is -2.41. The van der Waals surface area contributed by atoms with Gasteiger partial charge in [-0.15, -0.1) is 0 Å². The van der Waals surface area contributed by atoms with Gasteiger partial charge in [0.05, 0.1) is 10.4 Å². The predicted octanol–water partition coefficient (Wildman–Crippen LogP) is 3.05. The number of nitrogens with zero attached hydrogens (tertiary/aromatic N) is 4. The SMILES string of the molecule is Cc1ccc2snc(C(=O)NC3CCCN(c4cc(C)nn4C)C3)c2c1. The Bertz CT molecular complexity index is 960. The maximum atomic E-state index is 12.8. The van der Waals surface area contributed by atoms with Gasteiger partial charge in [0.25, 0.3) is 5.91 Å². The summed E-state index contributed by atoms with van der Waals surface area (Å²) in [7, 11) is 1.97. The van der Waals surface area contributed by atoms with E-state index in [2.05, 4.69) is 31.8 Å². The lowest BCUT2D eigenvalue weighted by molar-refractivity contribution is 0.0931. The quantitative estimate of drug-likeness (QED) is 0.771. The first-order valence-corrected chi connectivity index (χ1v) is 9.71. The van der Waals surface area contributed by atoms with Crippen LogP contribution in [0.25, 0.3) is 10.1 Å². The van der Waals surface area contributed by atoms with Crippen LogP contribution in [-0.4, -0.2) is 39.2 Å². The third kappa shape index (κ3) is 3.19. The Kier molecular flexibility index (Phi) is 4.40. The second-order valence-electron chi connectivity index (χ2n) is 7.06. The van der Waals surface area contributed by atoms with Crippen LogP contribution in [0.5, 0.6) is 0 Å². The predicted molar refractivity (Wildman–Crippen MR) is 105 cm³/mol. The smallest absolute Gasteiger partial charge is 0.271 e. The average Bonchev–Trinajstić information content (AvgIpc) is 3.17. The first-order valence-electron chi connectivity index (χ1n) is 8.94. The van der Waals surface area contributed by atoms with Crippen LogP contribution in [0.2, 0.25) is 0 Å². The second kappa shape index (κ2) is 6.72. The van der Waals surface area contributed by atoms with Crippen molar-refractivity contribution < 1.29 is 4.79 Å². The fourth-order valence-corrected chi connectivity index (χ4v) is 4.42. The summed E-state index contributed by atoms with van der Waals surface area (Å²) < 4.78 is 7.36. The van der Waals surface area contributed by atoms with Gasteiger partial charge in [0.1, 0.15) is 11.5 Å². The summed E-state index contributed by atoms with van der Waals surface area (Å²) in [5.41, 5.74) is 2.70. The van der Waals surface area contributed by atoms with Crippen molar-refractivity contribution in [2.45, 2.75) is 32.7 Å². The average molecular weight is 369 g/mol. The van der Waals surface area contributed by atoms with E-state index >= 15 is 0 Å². The maximum absolute atomic E-state index is 12.8. The van der Waals surface area contributed by atoms with E-state index in [0.29, 0.717) is 5.69 Å². The van der Waals surface area contributed by atoms with Crippen LogP contribution in [0.3, 0.4) is 0 Å². The molecule has 1 aromatic carbocycles. The Balaban J connectivity index is 1.50. The molecule has 0 radical (unpaired) electrons. The molecule has 1 amide bonds. The van der Waals surface area contributed by atoms with Crippen LogP contribution >= 0.6 is 11.5 Å². The molecule has 0 spiro atoms. The van der Waals surface area contributed by atoms with Gasteiger partial charge < -0.3 is 10.2 Å². The monoisotopic (exact) mass is 369 g/mol. The van der Waals surface area contributed by atoms with Crippen LogP contribution in [0.4, 0.5) is 5.82 Å². The topological polar surface area (TPSA) is 63.1 Å². The Morgan fingerprint density at radius 1 is 1.31 bits per heavy atom. The van der Waals surface area contributed by atoms with Gasteiger partial charge in [0.2, 0.25) is 0 Å². The summed E-state index contributed by atoms with van der Waals surface area (Å²) in [5.74, 6) is 1.03. The summed E-state index contributed by atoms with van der Waals surface area (Å²) in [4.78, 5) is 15.1. The van der Waals surface area contributed by atoms with Crippen LogP contribution in [0, 0.1) is 13.8 Å². The number of fused-ring (bicyclic) bond motifs is 1. The Labute approximate surface area is 157 Å². The van der Waals surface area contributed by atoms with E-state index in [4.69, 9.17) is 0 Å². The van der Waals surface area contributed by atoms with E-state index in [1.165, 1.54) is 11.5 Å². The number of anilines is 1. The van der Waals surface area contributed by atoms with Crippen LogP contribution in [-0.2, 0) is 7.05 Å². The fraction of sp³-hybridized carbons (Fsp3) is 0.421. The highest BCUT2D eigenvalue weighted by Crippen LogP contribution is 2.25. The molecule has 26 heavy (non-hydrogen) atoms. The summed E-state index contributed by atoms with van der Waals surface area (Å²) >= 11 is 1.38. The highest BCUT2D eigenvalue weighted by Gasteiger charge is 2.25. The third-order valence-electron chi connectivity index (χ3n) is 4.90.